The molecular weight excluding hydrogens is 254 g/mol. The average Bonchev–Trinajstić information content (AvgIpc) is 2.84. The van der Waals surface area contributed by atoms with Crippen LogP contribution in [0.3, 0.4) is 0 Å². The fourth-order valence-electron chi connectivity index (χ4n) is 2.39. The van der Waals surface area contributed by atoms with Gasteiger partial charge < -0.3 is 20.9 Å². The van der Waals surface area contributed by atoms with Gasteiger partial charge in [0.25, 0.3) is 0 Å². The highest BCUT2D eigenvalue weighted by Gasteiger charge is 2.24. The van der Waals surface area contributed by atoms with Gasteiger partial charge in [-0.25, -0.2) is 0 Å². The van der Waals surface area contributed by atoms with E-state index in [4.69, 9.17) is 5.73 Å². The number of nitrogens with zero attached hydrogens (tertiary/aromatic N) is 5. The first-order valence-corrected chi connectivity index (χ1v) is 7.12. The SMILES string of the molecule is CC(C)N1CCC(CNc2nc(N)nc(N(C)C)n2)C1. The highest BCUT2D eigenvalue weighted by molar-refractivity contribution is 5.40. The number of likely N-dealkylation sites (tertiary alicyclic amines) is 1. The Morgan fingerprint density at radius 2 is 2.10 bits per heavy atom. The molecule has 0 radical (unpaired) electrons. The first-order valence-electron chi connectivity index (χ1n) is 7.12. The normalized spacial score (nSPS) is 19.6. The van der Waals surface area contributed by atoms with Crippen LogP contribution >= 0.6 is 0 Å². The molecule has 1 aromatic rings. The molecule has 7 nitrogen and oxygen atoms in total. The zero-order chi connectivity index (χ0) is 14.7. The van der Waals surface area contributed by atoms with E-state index < -0.39 is 0 Å². The summed E-state index contributed by atoms with van der Waals surface area (Å²) in [7, 11) is 3.77. The summed E-state index contributed by atoms with van der Waals surface area (Å²) in [5, 5.41) is 3.29. The molecule has 0 bridgehead atoms. The summed E-state index contributed by atoms with van der Waals surface area (Å²) in [4.78, 5) is 16.9. The van der Waals surface area contributed by atoms with E-state index in [9.17, 15) is 0 Å². The fourth-order valence-corrected chi connectivity index (χ4v) is 2.39. The summed E-state index contributed by atoms with van der Waals surface area (Å²) in [5.41, 5.74) is 5.71. The number of aromatic nitrogens is 3. The molecule has 0 amide bonds. The van der Waals surface area contributed by atoms with Crippen molar-refractivity contribution >= 4 is 17.8 Å². The zero-order valence-electron chi connectivity index (χ0n) is 12.8. The molecule has 1 fully saturated rings. The molecule has 1 atom stereocenters. The van der Waals surface area contributed by atoms with Gasteiger partial charge in [-0.05, 0) is 32.7 Å². The molecule has 112 valence electrons. The molecule has 0 aliphatic carbocycles. The molecule has 0 aromatic carbocycles. The molecule has 7 heteroatoms. The van der Waals surface area contributed by atoms with E-state index in [1.54, 1.807) is 0 Å². The van der Waals surface area contributed by atoms with Crippen molar-refractivity contribution in [3.63, 3.8) is 0 Å². The van der Waals surface area contributed by atoms with Crippen molar-refractivity contribution in [1.82, 2.24) is 19.9 Å². The predicted molar refractivity (Wildman–Crippen MR) is 81.9 cm³/mol. The van der Waals surface area contributed by atoms with Crippen molar-refractivity contribution in [3.8, 4) is 0 Å². The molecule has 1 aliphatic rings. The molecule has 20 heavy (non-hydrogen) atoms. The van der Waals surface area contributed by atoms with Crippen molar-refractivity contribution in [3.05, 3.63) is 0 Å². The molecule has 1 aliphatic heterocycles. The lowest BCUT2D eigenvalue weighted by Gasteiger charge is -2.20. The molecule has 1 aromatic heterocycles. The van der Waals surface area contributed by atoms with Gasteiger partial charge in [0.05, 0.1) is 0 Å². The topological polar surface area (TPSA) is 83.2 Å². The van der Waals surface area contributed by atoms with Gasteiger partial charge in [0.15, 0.2) is 0 Å². The van der Waals surface area contributed by atoms with Crippen molar-refractivity contribution < 1.29 is 0 Å². The maximum Gasteiger partial charge on any atom is 0.231 e. The van der Waals surface area contributed by atoms with Crippen LogP contribution in [-0.4, -0.2) is 59.6 Å². The number of nitrogen functional groups attached to an aromatic ring is 1. The van der Waals surface area contributed by atoms with Gasteiger partial charge in [-0.15, -0.1) is 0 Å². The summed E-state index contributed by atoms with van der Waals surface area (Å²) in [6, 6.07) is 0.619. The Labute approximate surface area is 120 Å². The smallest absolute Gasteiger partial charge is 0.231 e. The summed E-state index contributed by atoms with van der Waals surface area (Å²) < 4.78 is 0. The Morgan fingerprint density at radius 1 is 1.35 bits per heavy atom. The number of hydrogen-bond acceptors (Lipinski definition) is 7. The Bertz CT molecular complexity index is 446. The summed E-state index contributed by atoms with van der Waals surface area (Å²) in [6.45, 7) is 7.66. The van der Waals surface area contributed by atoms with Gasteiger partial charge >= 0.3 is 0 Å². The number of rotatable bonds is 5. The Morgan fingerprint density at radius 3 is 2.70 bits per heavy atom. The lowest BCUT2D eigenvalue weighted by molar-refractivity contribution is 0.266. The van der Waals surface area contributed by atoms with Crippen molar-refractivity contribution in [2.24, 2.45) is 5.92 Å². The van der Waals surface area contributed by atoms with Gasteiger partial charge in [0.2, 0.25) is 17.8 Å². The van der Waals surface area contributed by atoms with Gasteiger partial charge in [0, 0.05) is 33.2 Å². The van der Waals surface area contributed by atoms with Crippen LogP contribution in [0.15, 0.2) is 0 Å². The van der Waals surface area contributed by atoms with Crippen LogP contribution in [0.2, 0.25) is 0 Å². The monoisotopic (exact) mass is 279 g/mol. The minimum atomic E-state index is 0.251. The molecule has 1 saturated heterocycles. The largest absolute Gasteiger partial charge is 0.368 e. The lowest BCUT2D eigenvalue weighted by Crippen LogP contribution is -2.29. The van der Waals surface area contributed by atoms with Crippen LogP contribution < -0.4 is 16.0 Å². The van der Waals surface area contributed by atoms with Crippen LogP contribution in [0, 0.1) is 5.92 Å². The minimum Gasteiger partial charge on any atom is -0.368 e. The maximum absolute atomic E-state index is 5.71. The Balaban J connectivity index is 1.91. The predicted octanol–water partition coefficient (Wildman–Crippen LogP) is 0.662. The second-order valence-electron chi connectivity index (χ2n) is 5.84. The average molecular weight is 279 g/mol. The molecule has 2 rings (SSSR count). The van der Waals surface area contributed by atoms with Crippen LogP contribution in [0.4, 0.5) is 17.8 Å². The summed E-state index contributed by atoms with van der Waals surface area (Å²) in [6.07, 6.45) is 1.21. The highest BCUT2D eigenvalue weighted by atomic mass is 15.3. The second-order valence-corrected chi connectivity index (χ2v) is 5.84. The molecule has 0 saturated carbocycles. The van der Waals surface area contributed by atoms with Crippen molar-refractivity contribution in [1.29, 1.82) is 0 Å². The van der Waals surface area contributed by atoms with Crippen molar-refractivity contribution in [2.75, 3.05) is 49.7 Å². The van der Waals surface area contributed by atoms with Gasteiger partial charge in [0.1, 0.15) is 0 Å². The number of nitrogens with two attached hydrogens (primary N) is 1. The van der Waals surface area contributed by atoms with Crippen LogP contribution in [0.25, 0.3) is 0 Å². The van der Waals surface area contributed by atoms with Crippen LogP contribution in [-0.2, 0) is 0 Å². The molecule has 2 heterocycles. The number of anilines is 3. The summed E-state index contributed by atoms with van der Waals surface area (Å²) >= 11 is 0. The second kappa shape index (κ2) is 6.21. The summed E-state index contributed by atoms with van der Waals surface area (Å²) in [5.74, 6) is 2.03. The van der Waals surface area contributed by atoms with E-state index in [0.29, 0.717) is 23.9 Å². The third kappa shape index (κ3) is 3.69. The van der Waals surface area contributed by atoms with Crippen LogP contribution in [0.1, 0.15) is 20.3 Å². The fraction of sp³-hybridized carbons (Fsp3) is 0.769. The van der Waals surface area contributed by atoms with Gasteiger partial charge in [-0.1, -0.05) is 0 Å². The third-order valence-electron chi connectivity index (χ3n) is 3.64. The molecular formula is C13H25N7. The third-order valence-corrected chi connectivity index (χ3v) is 3.64. The number of nitrogens with one attached hydrogen (secondary N) is 1. The van der Waals surface area contributed by atoms with Crippen LogP contribution in [0.5, 0.6) is 0 Å². The van der Waals surface area contributed by atoms with E-state index in [1.165, 1.54) is 13.0 Å². The number of hydrogen-bond donors (Lipinski definition) is 2. The lowest BCUT2D eigenvalue weighted by atomic mass is 10.1. The van der Waals surface area contributed by atoms with Crippen molar-refractivity contribution in [2.45, 2.75) is 26.3 Å². The quantitative estimate of drug-likeness (QED) is 0.819. The standard InChI is InChI=1S/C13H25N7/c1-9(2)20-6-5-10(8-20)7-15-12-16-11(14)17-13(18-12)19(3)4/h9-10H,5-8H2,1-4H3,(H3,14,15,16,17,18). The maximum atomic E-state index is 5.71. The molecule has 0 spiro atoms. The minimum absolute atomic E-state index is 0.251. The van der Waals surface area contributed by atoms with E-state index in [1.807, 2.05) is 19.0 Å². The molecule has 3 N–H and O–H groups in total. The Hall–Kier alpha value is -1.63. The van der Waals surface area contributed by atoms with E-state index in [-0.39, 0.29) is 5.95 Å². The van der Waals surface area contributed by atoms with Gasteiger partial charge in [-0.3, -0.25) is 0 Å². The first-order chi connectivity index (χ1) is 9.45. The van der Waals surface area contributed by atoms with E-state index >= 15 is 0 Å². The van der Waals surface area contributed by atoms with Gasteiger partial charge in [-0.2, -0.15) is 15.0 Å². The molecule has 1 unspecified atom stereocenters. The van der Waals surface area contributed by atoms with E-state index in [0.717, 1.165) is 13.1 Å². The highest BCUT2D eigenvalue weighted by Crippen LogP contribution is 2.19. The Kier molecular flexibility index (Phi) is 4.59. The zero-order valence-corrected chi connectivity index (χ0v) is 12.8. The van der Waals surface area contributed by atoms with E-state index in [2.05, 4.69) is 39.0 Å². The first kappa shape index (κ1) is 14.8.